The van der Waals surface area contributed by atoms with Gasteiger partial charge in [-0.1, -0.05) is 26.7 Å². The van der Waals surface area contributed by atoms with E-state index in [1.54, 1.807) is 0 Å². The van der Waals surface area contributed by atoms with E-state index in [1.807, 2.05) is 24.1 Å². The second-order valence-electron chi connectivity index (χ2n) is 3.67. The molecule has 0 aromatic carbocycles. The molecule has 1 radical (unpaired) electrons. The summed E-state index contributed by atoms with van der Waals surface area (Å²) in [4.78, 5) is 11.7. The van der Waals surface area contributed by atoms with Gasteiger partial charge in [-0.25, -0.2) is 5.01 Å². The summed E-state index contributed by atoms with van der Waals surface area (Å²) in [7, 11) is 3.83. The van der Waals surface area contributed by atoms with Gasteiger partial charge in [0.15, 0.2) is 0 Å². The van der Waals surface area contributed by atoms with E-state index in [0.717, 1.165) is 32.2 Å². The lowest BCUT2D eigenvalue weighted by atomic mass is 10.2. The fourth-order valence-corrected chi connectivity index (χ4v) is 1.26. The summed E-state index contributed by atoms with van der Waals surface area (Å²) in [5, 5.41) is 3.69. The summed E-state index contributed by atoms with van der Waals surface area (Å²) < 4.78 is 0. The number of carbonyl (C=O) groups excluding carboxylic acids is 1. The van der Waals surface area contributed by atoms with Gasteiger partial charge in [0.05, 0.1) is 0 Å². The van der Waals surface area contributed by atoms with Crippen LogP contribution in [-0.4, -0.2) is 36.6 Å². The van der Waals surface area contributed by atoms with E-state index in [4.69, 9.17) is 0 Å². The topological polar surface area (TPSA) is 23.6 Å². The highest BCUT2D eigenvalue weighted by Gasteiger charge is 2.13. The van der Waals surface area contributed by atoms with E-state index < -0.39 is 0 Å². The molecule has 0 N–H and O–H groups in total. The molecule has 0 aromatic heterocycles. The van der Waals surface area contributed by atoms with E-state index in [0.29, 0.717) is 6.42 Å². The Hall–Kier alpha value is -0.570. The van der Waals surface area contributed by atoms with Gasteiger partial charge < -0.3 is 0 Å². The molecule has 0 aliphatic carbocycles. The van der Waals surface area contributed by atoms with Crippen LogP contribution in [0.1, 0.15) is 39.0 Å². The highest BCUT2D eigenvalue weighted by Crippen LogP contribution is 2.04. The maximum Gasteiger partial charge on any atom is 0.236 e. The van der Waals surface area contributed by atoms with Crippen LogP contribution in [0.15, 0.2) is 0 Å². The van der Waals surface area contributed by atoms with Crippen molar-refractivity contribution in [2.45, 2.75) is 39.0 Å². The van der Waals surface area contributed by atoms with Crippen LogP contribution in [0.25, 0.3) is 0 Å². The third-order valence-electron chi connectivity index (χ3n) is 2.13. The van der Waals surface area contributed by atoms with Gasteiger partial charge >= 0.3 is 0 Å². The van der Waals surface area contributed by atoms with Crippen molar-refractivity contribution in [3.8, 4) is 0 Å². The monoisotopic (exact) mass is 199 g/mol. The first-order chi connectivity index (χ1) is 6.63. The number of unbranched alkanes of at least 4 members (excludes halogenated alkanes) is 2. The molecule has 0 spiro atoms. The van der Waals surface area contributed by atoms with Crippen molar-refractivity contribution in [3.05, 3.63) is 6.92 Å². The minimum atomic E-state index is 0.215. The van der Waals surface area contributed by atoms with Crippen molar-refractivity contribution in [1.29, 1.82) is 0 Å². The van der Waals surface area contributed by atoms with Gasteiger partial charge in [0.2, 0.25) is 5.91 Å². The molecule has 0 heterocycles. The number of amides is 1. The van der Waals surface area contributed by atoms with Crippen LogP contribution >= 0.6 is 0 Å². The van der Waals surface area contributed by atoms with E-state index in [9.17, 15) is 4.79 Å². The summed E-state index contributed by atoms with van der Waals surface area (Å²) in [5.41, 5.74) is 0. The molecule has 0 aliphatic rings. The van der Waals surface area contributed by atoms with Crippen LogP contribution in [0.2, 0.25) is 0 Å². The third-order valence-corrected chi connectivity index (χ3v) is 2.13. The van der Waals surface area contributed by atoms with Gasteiger partial charge in [0.25, 0.3) is 0 Å². The van der Waals surface area contributed by atoms with Crippen LogP contribution < -0.4 is 0 Å². The summed E-state index contributed by atoms with van der Waals surface area (Å²) in [5.74, 6) is 0.215. The Morgan fingerprint density at radius 3 is 2.36 bits per heavy atom. The van der Waals surface area contributed by atoms with E-state index >= 15 is 0 Å². The highest BCUT2D eigenvalue weighted by molar-refractivity contribution is 5.75. The Bertz CT molecular complexity index is 157. The molecule has 0 aromatic rings. The predicted molar refractivity (Wildman–Crippen MR) is 59.5 cm³/mol. The molecule has 0 unspecified atom stereocenters. The average molecular weight is 199 g/mol. The Balaban J connectivity index is 3.98. The quantitative estimate of drug-likeness (QED) is 0.586. The number of rotatable bonds is 7. The fraction of sp³-hybridized carbons (Fsp3) is 0.818. The molecular formula is C11H23N2O. The van der Waals surface area contributed by atoms with Gasteiger partial charge in [-0.2, -0.15) is 0 Å². The molecule has 0 saturated heterocycles. The lowest BCUT2D eigenvalue weighted by Gasteiger charge is -2.28. The normalized spacial score (nSPS) is 10.6. The molecule has 83 valence electrons. The van der Waals surface area contributed by atoms with Gasteiger partial charge in [-0.3, -0.25) is 9.80 Å². The lowest BCUT2D eigenvalue weighted by Crippen LogP contribution is -2.42. The molecule has 0 bridgehead atoms. The molecule has 1 amide bonds. The highest BCUT2D eigenvalue weighted by atomic mass is 16.2. The molecule has 0 fully saturated rings. The summed E-state index contributed by atoms with van der Waals surface area (Å²) in [6.07, 6.45) is 4.52. The minimum absolute atomic E-state index is 0.215. The zero-order chi connectivity index (χ0) is 11.0. The van der Waals surface area contributed by atoms with Crippen molar-refractivity contribution < 1.29 is 4.79 Å². The number of nitrogens with zero attached hydrogens (tertiary/aromatic N) is 2. The van der Waals surface area contributed by atoms with Crippen molar-refractivity contribution in [1.82, 2.24) is 10.0 Å². The predicted octanol–water partition coefficient (Wildman–Crippen LogP) is 2.10. The first-order valence-electron chi connectivity index (χ1n) is 5.40. The summed E-state index contributed by atoms with van der Waals surface area (Å²) in [6, 6.07) is 0. The molecule has 14 heavy (non-hydrogen) atoms. The number of carbonyl (C=O) groups is 1. The first-order valence-corrected chi connectivity index (χ1v) is 5.40. The number of hydrazine groups is 1. The summed E-state index contributed by atoms with van der Waals surface area (Å²) in [6.45, 7) is 6.71. The Labute approximate surface area is 88.0 Å². The van der Waals surface area contributed by atoms with Gasteiger partial charge in [0.1, 0.15) is 0 Å². The first kappa shape index (κ1) is 13.4. The second-order valence-corrected chi connectivity index (χ2v) is 3.67. The van der Waals surface area contributed by atoms with Crippen LogP contribution in [0.3, 0.4) is 0 Å². The molecule has 3 nitrogen and oxygen atoms in total. The van der Waals surface area contributed by atoms with E-state index in [1.165, 1.54) is 0 Å². The smallest absolute Gasteiger partial charge is 0.236 e. The van der Waals surface area contributed by atoms with Gasteiger partial charge in [-0.05, 0) is 12.8 Å². The van der Waals surface area contributed by atoms with Crippen LogP contribution in [0, 0.1) is 6.92 Å². The largest absolute Gasteiger partial charge is 0.276 e. The second kappa shape index (κ2) is 7.80. The third kappa shape index (κ3) is 5.22. The number of hydrogen-bond donors (Lipinski definition) is 0. The minimum Gasteiger partial charge on any atom is -0.276 e. The van der Waals surface area contributed by atoms with Gasteiger partial charge in [0, 0.05) is 27.1 Å². The lowest BCUT2D eigenvalue weighted by molar-refractivity contribution is -0.144. The molecule has 0 aliphatic heterocycles. The fourth-order valence-electron chi connectivity index (χ4n) is 1.26. The van der Waals surface area contributed by atoms with Crippen LogP contribution in [0.4, 0.5) is 0 Å². The SMILES string of the molecule is [CH2]CCCC(=O)N(CCCC)N(C)C. The van der Waals surface area contributed by atoms with Crippen molar-refractivity contribution in [2.24, 2.45) is 0 Å². The van der Waals surface area contributed by atoms with Gasteiger partial charge in [-0.15, -0.1) is 0 Å². The molecular weight excluding hydrogens is 176 g/mol. The maximum absolute atomic E-state index is 11.7. The number of hydrogen-bond acceptors (Lipinski definition) is 2. The maximum atomic E-state index is 11.7. The van der Waals surface area contributed by atoms with Crippen LogP contribution in [0.5, 0.6) is 0 Å². The standard InChI is InChI=1S/C11H23N2O/c1-5-7-9-11(14)13(12(3)4)10-8-6-2/h1,5-10H2,2-4H3. The molecule has 0 rings (SSSR count). The molecule has 3 heteroatoms. The van der Waals surface area contributed by atoms with Crippen molar-refractivity contribution in [2.75, 3.05) is 20.6 Å². The van der Waals surface area contributed by atoms with Crippen molar-refractivity contribution in [3.63, 3.8) is 0 Å². The average Bonchev–Trinajstić information content (AvgIpc) is 2.14. The summed E-state index contributed by atoms with van der Waals surface area (Å²) >= 11 is 0. The Morgan fingerprint density at radius 2 is 1.93 bits per heavy atom. The van der Waals surface area contributed by atoms with E-state index in [2.05, 4.69) is 13.8 Å². The Morgan fingerprint density at radius 1 is 1.29 bits per heavy atom. The van der Waals surface area contributed by atoms with E-state index in [-0.39, 0.29) is 5.91 Å². The van der Waals surface area contributed by atoms with Crippen LogP contribution in [-0.2, 0) is 4.79 Å². The van der Waals surface area contributed by atoms with Crippen molar-refractivity contribution >= 4 is 5.91 Å². The zero-order valence-electron chi connectivity index (χ0n) is 9.75. The molecule has 0 saturated carbocycles. The zero-order valence-corrected chi connectivity index (χ0v) is 9.75. The molecule has 0 atom stereocenters. The Kier molecular flexibility index (Phi) is 7.48.